The zero-order valence-corrected chi connectivity index (χ0v) is 8.51. The van der Waals surface area contributed by atoms with E-state index in [4.69, 9.17) is 22.1 Å². The number of nitrogen functional groups attached to an aromatic ring is 1. The third kappa shape index (κ3) is 2.77. The summed E-state index contributed by atoms with van der Waals surface area (Å²) in [6.07, 6.45) is 3.05. The Kier molecular flexibility index (Phi) is 3.37. The molecule has 0 spiro atoms. The van der Waals surface area contributed by atoms with Crippen LogP contribution in [0.3, 0.4) is 0 Å². The number of hydrogen-bond acceptors (Lipinski definition) is 3. The standard InChI is InChI=1S/C9H13ClN2O/c1-6(2)5-13-9-7(10)3-12-4-8(9)11/h3-4,6H,5,11H2,1-2H3. The summed E-state index contributed by atoms with van der Waals surface area (Å²) in [6, 6.07) is 0. The van der Waals surface area contributed by atoms with Crippen LogP contribution in [0.15, 0.2) is 12.4 Å². The number of hydrogen-bond donors (Lipinski definition) is 1. The minimum absolute atomic E-state index is 0.448. The van der Waals surface area contributed by atoms with Gasteiger partial charge in [0.15, 0.2) is 5.75 Å². The molecule has 0 unspecified atom stereocenters. The molecule has 0 aromatic carbocycles. The maximum Gasteiger partial charge on any atom is 0.163 e. The molecule has 1 heterocycles. The van der Waals surface area contributed by atoms with Crippen LogP contribution in [0.4, 0.5) is 5.69 Å². The molecule has 4 heteroatoms. The highest BCUT2D eigenvalue weighted by atomic mass is 35.5. The second-order valence-electron chi connectivity index (χ2n) is 3.24. The van der Waals surface area contributed by atoms with Crippen molar-refractivity contribution in [3.8, 4) is 5.75 Å². The summed E-state index contributed by atoms with van der Waals surface area (Å²) in [5.41, 5.74) is 6.12. The van der Waals surface area contributed by atoms with Crippen LogP contribution in [0.5, 0.6) is 5.75 Å². The number of rotatable bonds is 3. The molecule has 3 nitrogen and oxygen atoms in total. The number of ether oxygens (including phenoxy) is 1. The van der Waals surface area contributed by atoms with Gasteiger partial charge in [-0.3, -0.25) is 4.98 Å². The van der Waals surface area contributed by atoms with Crippen molar-refractivity contribution in [2.45, 2.75) is 13.8 Å². The Labute approximate surface area is 82.9 Å². The van der Waals surface area contributed by atoms with Gasteiger partial charge in [0.1, 0.15) is 5.02 Å². The van der Waals surface area contributed by atoms with Gasteiger partial charge in [0.2, 0.25) is 0 Å². The Morgan fingerprint density at radius 3 is 2.77 bits per heavy atom. The Hall–Kier alpha value is -0.960. The highest BCUT2D eigenvalue weighted by molar-refractivity contribution is 6.32. The summed E-state index contributed by atoms with van der Waals surface area (Å²) in [5.74, 6) is 0.981. The fourth-order valence-electron chi connectivity index (χ4n) is 0.840. The van der Waals surface area contributed by atoms with Gasteiger partial charge in [-0.1, -0.05) is 25.4 Å². The second kappa shape index (κ2) is 4.33. The van der Waals surface area contributed by atoms with E-state index in [1.165, 1.54) is 12.4 Å². The molecule has 1 aromatic rings. The van der Waals surface area contributed by atoms with E-state index in [-0.39, 0.29) is 0 Å². The summed E-state index contributed by atoms with van der Waals surface area (Å²) in [4.78, 5) is 3.83. The molecule has 1 rings (SSSR count). The minimum Gasteiger partial charge on any atom is -0.489 e. The highest BCUT2D eigenvalue weighted by Crippen LogP contribution is 2.29. The lowest BCUT2D eigenvalue weighted by Gasteiger charge is -2.11. The SMILES string of the molecule is CC(C)COc1c(N)cncc1Cl. The first kappa shape index (κ1) is 10.1. The lowest BCUT2D eigenvalue weighted by molar-refractivity contribution is 0.272. The molecule has 0 aliphatic carbocycles. The first-order valence-electron chi connectivity index (χ1n) is 4.13. The van der Waals surface area contributed by atoms with Crippen molar-refractivity contribution < 1.29 is 4.74 Å². The maximum absolute atomic E-state index is 5.85. The molecular formula is C9H13ClN2O. The zero-order chi connectivity index (χ0) is 9.84. The molecule has 2 N–H and O–H groups in total. The highest BCUT2D eigenvalue weighted by Gasteiger charge is 2.06. The molecule has 0 bridgehead atoms. The lowest BCUT2D eigenvalue weighted by atomic mass is 10.2. The van der Waals surface area contributed by atoms with Crippen molar-refractivity contribution in [2.24, 2.45) is 5.92 Å². The fraction of sp³-hybridized carbons (Fsp3) is 0.444. The van der Waals surface area contributed by atoms with Crippen LogP contribution in [0, 0.1) is 5.92 Å². The monoisotopic (exact) mass is 200 g/mol. The predicted octanol–water partition coefficient (Wildman–Crippen LogP) is 2.35. The van der Waals surface area contributed by atoms with Crippen LogP contribution in [-0.4, -0.2) is 11.6 Å². The third-order valence-corrected chi connectivity index (χ3v) is 1.71. The molecule has 0 saturated carbocycles. The number of halogens is 1. The van der Waals surface area contributed by atoms with Crippen LogP contribution in [0.2, 0.25) is 5.02 Å². The lowest BCUT2D eigenvalue weighted by Crippen LogP contribution is -2.06. The van der Waals surface area contributed by atoms with Gasteiger partial charge in [-0.25, -0.2) is 0 Å². The summed E-state index contributed by atoms with van der Waals surface area (Å²) in [6.45, 7) is 4.73. The van der Waals surface area contributed by atoms with Crippen LogP contribution in [-0.2, 0) is 0 Å². The quantitative estimate of drug-likeness (QED) is 0.815. The molecule has 72 valence electrons. The van der Waals surface area contributed by atoms with Crippen LogP contribution >= 0.6 is 11.6 Å². The predicted molar refractivity (Wildman–Crippen MR) is 54.0 cm³/mol. The average Bonchev–Trinajstić information content (AvgIpc) is 2.03. The van der Waals surface area contributed by atoms with E-state index < -0.39 is 0 Å². The van der Waals surface area contributed by atoms with Gasteiger partial charge in [0, 0.05) is 6.20 Å². The van der Waals surface area contributed by atoms with E-state index >= 15 is 0 Å². The van der Waals surface area contributed by atoms with Crippen molar-refractivity contribution in [1.82, 2.24) is 4.98 Å². The van der Waals surface area contributed by atoms with Crippen LogP contribution < -0.4 is 10.5 Å². The molecule has 1 aromatic heterocycles. The number of nitrogens with zero attached hydrogens (tertiary/aromatic N) is 1. The molecule has 13 heavy (non-hydrogen) atoms. The number of pyridine rings is 1. The first-order chi connectivity index (χ1) is 6.11. The van der Waals surface area contributed by atoms with Crippen molar-refractivity contribution in [3.63, 3.8) is 0 Å². The molecule has 0 aliphatic rings. The second-order valence-corrected chi connectivity index (χ2v) is 3.65. The van der Waals surface area contributed by atoms with E-state index in [2.05, 4.69) is 18.8 Å². The van der Waals surface area contributed by atoms with E-state index in [1.54, 1.807) is 0 Å². The fourth-order valence-corrected chi connectivity index (χ4v) is 1.06. The van der Waals surface area contributed by atoms with Gasteiger partial charge < -0.3 is 10.5 Å². The number of anilines is 1. The van der Waals surface area contributed by atoms with Gasteiger partial charge in [-0.15, -0.1) is 0 Å². The third-order valence-electron chi connectivity index (χ3n) is 1.44. The van der Waals surface area contributed by atoms with Gasteiger partial charge in [-0.05, 0) is 5.92 Å². The molecule has 0 atom stereocenters. The van der Waals surface area contributed by atoms with E-state index in [9.17, 15) is 0 Å². The van der Waals surface area contributed by atoms with Crippen molar-refractivity contribution in [1.29, 1.82) is 0 Å². The van der Waals surface area contributed by atoms with Gasteiger partial charge in [0.25, 0.3) is 0 Å². The van der Waals surface area contributed by atoms with Gasteiger partial charge in [-0.2, -0.15) is 0 Å². The summed E-state index contributed by atoms with van der Waals surface area (Å²) in [7, 11) is 0. The molecule has 0 fully saturated rings. The Balaban J connectivity index is 2.75. The van der Waals surface area contributed by atoms with Gasteiger partial charge in [0.05, 0.1) is 18.5 Å². The minimum atomic E-state index is 0.448. The topological polar surface area (TPSA) is 48.1 Å². The largest absolute Gasteiger partial charge is 0.489 e. The smallest absolute Gasteiger partial charge is 0.163 e. The summed E-state index contributed by atoms with van der Waals surface area (Å²) < 4.78 is 5.43. The van der Waals surface area contributed by atoms with E-state index in [0.29, 0.717) is 29.0 Å². The Bertz CT molecular complexity index is 269. The summed E-state index contributed by atoms with van der Waals surface area (Å²) in [5, 5.41) is 0.459. The number of aromatic nitrogens is 1. The Morgan fingerprint density at radius 1 is 1.54 bits per heavy atom. The van der Waals surface area contributed by atoms with Crippen molar-refractivity contribution >= 4 is 17.3 Å². The van der Waals surface area contributed by atoms with Gasteiger partial charge >= 0.3 is 0 Å². The van der Waals surface area contributed by atoms with Crippen molar-refractivity contribution in [2.75, 3.05) is 12.3 Å². The molecule has 0 amide bonds. The van der Waals surface area contributed by atoms with Crippen LogP contribution in [0.25, 0.3) is 0 Å². The zero-order valence-electron chi connectivity index (χ0n) is 7.75. The molecule has 0 radical (unpaired) electrons. The molecule has 0 aliphatic heterocycles. The molecular weight excluding hydrogens is 188 g/mol. The van der Waals surface area contributed by atoms with E-state index in [0.717, 1.165) is 0 Å². The maximum atomic E-state index is 5.85. The van der Waals surface area contributed by atoms with Crippen molar-refractivity contribution in [3.05, 3.63) is 17.4 Å². The average molecular weight is 201 g/mol. The van der Waals surface area contributed by atoms with Crippen LogP contribution in [0.1, 0.15) is 13.8 Å². The number of nitrogens with two attached hydrogens (primary N) is 1. The summed E-state index contributed by atoms with van der Waals surface area (Å²) >= 11 is 5.85. The molecule has 0 saturated heterocycles. The first-order valence-corrected chi connectivity index (χ1v) is 4.51. The Morgan fingerprint density at radius 2 is 2.23 bits per heavy atom. The normalized spacial score (nSPS) is 10.5. The van der Waals surface area contributed by atoms with E-state index in [1.807, 2.05) is 0 Å².